The van der Waals surface area contributed by atoms with Crippen molar-refractivity contribution in [2.24, 2.45) is 0 Å². The molecule has 0 spiro atoms. The number of hydrogen-bond donors (Lipinski definition) is 0. The van der Waals surface area contributed by atoms with Crippen LogP contribution in [-0.4, -0.2) is 11.3 Å². The lowest BCUT2D eigenvalue weighted by Crippen LogP contribution is -1.93. The molecule has 0 fully saturated rings. The quantitative estimate of drug-likeness (QED) is 0.615. The Morgan fingerprint density at radius 1 is 1.55 bits per heavy atom. The zero-order chi connectivity index (χ0) is 8.27. The Labute approximate surface area is 81.3 Å². The molecular formula is C7H5Br2NO. The van der Waals surface area contributed by atoms with Crippen LogP contribution < -0.4 is 0 Å². The predicted octanol–water partition coefficient (Wildman–Crippen LogP) is 2.48. The fraction of sp³-hybridized carbons (Fsp3) is 0.143. The Morgan fingerprint density at radius 3 is 2.73 bits per heavy atom. The first kappa shape index (κ1) is 8.87. The summed E-state index contributed by atoms with van der Waals surface area (Å²) in [6.45, 7) is 0. The van der Waals surface area contributed by atoms with Gasteiger partial charge in [0.1, 0.15) is 11.1 Å². The van der Waals surface area contributed by atoms with E-state index in [1.807, 2.05) is 6.07 Å². The third-order valence-corrected chi connectivity index (χ3v) is 2.31. The first-order valence-electron chi connectivity index (χ1n) is 2.95. The van der Waals surface area contributed by atoms with Gasteiger partial charge in [0.05, 0.1) is 5.69 Å². The van der Waals surface area contributed by atoms with Gasteiger partial charge in [-0.15, -0.1) is 0 Å². The molecular weight excluding hydrogens is 274 g/mol. The minimum atomic E-state index is -0.296. The third-order valence-electron chi connectivity index (χ3n) is 1.15. The van der Waals surface area contributed by atoms with E-state index >= 15 is 0 Å². The van der Waals surface area contributed by atoms with Crippen molar-refractivity contribution in [2.45, 2.75) is 4.83 Å². The molecule has 58 valence electrons. The van der Waals surface area contributed by atoms with Gasteiger partial charge in [0.2, 0.25) is 0 Å². The number of nitrogens with zero attached hydrogens (tertiary/aromatic N) is 1. The number of carbonyl (C=O) groups excluding carboxylic acids is 1. The molecule has 0 radical (unpaired) electrons. The van der Waals surface area contributed by atoms with Crippen LogP contribution >= 0.6 is 31.9 Å². The lowest BCUT2D eigenvalue weighted by atomic mass is 10.3. The molecule has 0 N–H and O–H groups in total. The lowest BCUT2D eigenvalue weighted by molar-refractivity contribution is -0.107. The van der Waals surface area contributed by atoms with Crippen molar-refractivity contribution in [3.63, 3.8) is 0 Å². The van der Waals surface area contributed by atoms with E-state index in [4.69, 9.17) is 0 Å². The van der Waals surface area contributed by atoms with Crippen LogP contribution in [0.25, 0.3) is 0 Å². The van der Waals surface area contributed by atoms with Crippen LogP contribution in [0.5, 0.6) is 0 Å². The van der Waals surface area contributed by atoms with Crippen LogP contribution in [0.3, 0.4) is 0 Å². The van der Waals surface area contributed by atoms with Crippen molar-refractivity contribution in [3.8, 4) is 0 Å². The molecule has 0 saturated heterocycles. The molecule has 1 atom stereocenters. The summed E-state index contributed by atoms with van der Waals surface area (Å²) in [6, 6.07) is 3.64. The maximum Gasteiger partial charge on any atom is 0.139 e. The van der Waals surface area contributed by atoms with E-state index in [9.17, 15) is 4.79 Å². The van der Waals surface area contributed by atoms with Crippen molar-refractivity contribution in [1.29, 1.82) is 0 Å². The summed E-state index contributed by atoms with van der Waals surface area (Å²) in [4.78, 5) is 14.0. The van der Waals surface area contributed by atoms with E-state index in [-0.39, 0.29) is 4.83 Å². The zero-order valence-electron chi connectivity index (χ0n) is 5.50. The monoisotopic (exact) mass is 277 g/mol. The number of halogens is 2. The molecule has 0 aliphatic carbocycles. The lowest BCUT2D eigenvalue weighted by Gasteiger charge is -1.99. The summed E-state index contributed by atoms with van der Waals surface area (Å²) >= 11 is 6.41. The van der Waals surface area contributed by atoms with Gasteiger partial charge in [0.25, 0.3) is 0 Å². The number of aromatic nitrogens is 1. The van der Waals surface area contributed by atoms with Crippen LogP contribution in [0.1, 0.15) is 10.5 Å². The molecule has 1 aromatic heterocycles. The predicted molar refractivity (Wildman–Crippen MR) is 49.7 cm³/mol. The number of alkyl halides is 1. The summed E-state index contributed by atoms with van der Waals surface area (Å²) in [5.74, 6) is 0. The Bertz CT molecular complexity index is 247. The fourth-order valence-electron chi connectivity index (χ4n) is 0.620. The summed E-state index contributed by atoms with van der Waals surface area (Å²) in [5, 5.41) is 0. The molecule has 0 amide bonds. The van der Waals surface area contributed by atoms with Gasteiger partial charge in [-0.05, 0) is 28.1 Å². The summed E-state index contributed by atoms with van der Waals surface area (Å²) in [6.07, 6.45) is 2.46. The van der Waals surface area contributed by atoms with E-state index in [0.29, 0.717) is 0 Å². The highest BCUT2D eigenvalue weighted by atomic mass is 79.9. The molecule has 4 heteroatoms. The zero-order valence-corrected chi connectivity index (χ0v) is 8.67. The minimum Gasteiger partial charge on any atom is -0.302 e. The average Bonchev–Trinajstić information content (AvgIpc) is 2.05. The Balaban J connectivity index is 2.89. The molecule has 0 aliphatic rings. The smallest absolute Gasteiger partial charge is 0.139 e. The molecule has 0 aliphatic heterocycles. The second-order valence-electron chi connectivity index (χ2n) is 1.94. The first-order chi connectivity index (χ1) is 5.24. The molecule has 1 heterocycles. The van der Waals surface area contributed by atoms with E-state index in [2.05, 4.69) is 36.8 Å². The second kappa shape index (κ2) is 3.97. The second-order valence-corrected chi connectivity index (χ2v) is 3.84. The SMILES string of the molecule is O=CC(Br)c1ccc(Br)cn1. The van der Waals surface area contributed by atoms with Crippen molar-refractivity contribution >= 4 is 38.1 Å². The van der Waals surface area contributed by atoms with Crippen molar-refractivity contribution < 1.29 is 4.79 Å². The van der Waals surface area contributed by atoms with Gasteiger partial charge in [-0.1, -0.05) is 15.9 Å². The highest BCUT2D eigenvalue weighted by Gasteiger charge is 2.05. The van der Waals surface area contributed by atoms with Crippen molar-refractivity contribution in [3.05, 3.63) is 28.5 Å². The summed E-state index contributed by atoms with van der Waals surface area (Å²) in [7, 11) is 0. The van der Waals surface area contributed by atoms with Gasteiger partial charge in [-0.2, -0.15) is 0 Å². The number of hydrogen-bond acceptors (Lipinski definition) is 2. The molecule has 2 nitrogen and oxygen atoms in total. The van der Waals surface area contributed by atoms with E-state index in [1.165, 1.54) is 0 Å². The van der Waals surface area contributed by atoms with Gasteiger partial charge >= 0.3 is 0 Å². The summed E-state index contributed by atoms with van der Waals surface area (Å²) in [5.41, 5.74) is 0.725. The molecule has 1 rings (SSSR count). The maximum atomic E-state index is 10.3. The first-order valence-corrected chi connectivity index (χ1v) is 4.65. The van der Waals surface area contributed by atoms with Crippen LogP contribution in [0.2, 0.25) is 0 Å². The summed E-state index contributed by atoms with van der Waals surface area (Å²) < 4.78 is 0.909. The maximum absolute atomic E-state index is 10.3. The molecule has 0 bridgehead atoms. The topological polar surface area (TPSA) is 30.0 Å². The average molecular weight is 279 g/mol. The van der Waals surface area contributed by atoms with Crippen LogP contribution in [-0.2, 0) is 4.79 Å². The number of aldehydes is 1. The standard InChI is InChI=1S/C7H5Br2NO/c8-5-1-2-7(10-3-5)6(9)4-11/h1-4,6H. The van der Waals surface area contributed by atoms with Crippen molar-refractivity contribution in [2.75, 3.05) is 0 Å². The van der Waals surface area contributed by atoms with Gasteiger partial charge < -0.3 is 4.79 Å². The van der Waals surface area contributed by atoms with Gasteiger partial charge in [0.15, 0.2) is 0 Å². The fourth-order valence-corrected chi connectivity index (χ4v) is 1.13. The number of rotatable bonds is 2. The Kier molecular flexibility index (Phi) is 3.20. The van der Waals surface area contributed by atoms with E-state index in [1.54, 1.807) is 12.3 Å². The van der Waals surface area contributed by atoms with E-state index < -0.39 is 0 Å². The van der Waals surface area contributed by atoms with Crippen molar-refractivity contribution in [1.82, 2.24) is 4.98 Å². The molecule has 0 saturated carbocycles. The molecule has 1 unspecified atom stereocenters. The highest BCUT2D eigenvalue weighted by molar-refractivity contribution is 9.10. The Morgan fingerprint density at radius 2 is 2.27 bits per heavy atom. The van der Waals surface area contributed by atoms with Crippen LogP contribution in [0, 0.1) is 0 Å². The number of carbonyl (C=O) groups is 1. The van der Waals surface area contributed by atoms with Crippen LogP contribution in [0.4, 0.5) is 0 Å². The van der Waals surface area contributed by atoms with Gasteiger partial charge in [-0.3, -0.25) is 4.98 Å². The van der Waals surface area contributed by atoms with Gasteiger partial charge in [0, 0.05) is 10.7 Å². The Hall–Kier alpha value is -0.220. The van der Waals surface area contributed by atoms with E-state index in [0.717, 1.165) is 16.5 Å². The minimum absolute atomic E-state index is 0.296. The molecule has 0 aromatic carbocycles. The normalized spacial score (nSPS) is 12.5. The largest absolute Gasteiger partial charge is 0.302 e. The number of pyridine rings is 1. The molecule has 11 heavy (non-hydrogen) atoms. The third kappa shape index (κ3) is 2.38. The van der Waals surface area contributed by atoms with Crippen LogP contribution in [0.15, 0.2) is 22.8 Å². The highest BCUT2D eigenvalue weighted by Crippen LogP contribution is 2.18. The molecule has 1 aromatic rings. The van der Waals surface area contributed by atoms with Gasteiger partial charge in [-0.25, -0.2) is 0 Å².